The van der Waals surface area contributed by atoms with Crippen molar-refractivity contribution in [3.05, 3.63) is 76.9 Å². The Balaban J connectivity index is 1.90. The predicted molar refractivity (Wildman–Crippen MR) is 130 cm³/mol. The maximum absolute atomic E-state index is 15.0. The predicted octanol–water partition coefficient (Wildman–Crippen LogP) is 5.62. The molecule has 34 heavy (non-hydrogen) atoms. The molecule has 0 aliphatic carbocycles. The van der Waals surface area contributed by atoms with E-state index in [1.807, 2.05) is 0 Å². The van der Waals surface area contributed by atoms with E-state index in [0.717, 1.165) is 6.07 Å². The van der Waals surface area contributed by atoms with Crippen molar-refractivity contribution < 1.29 is 17.7 Å². The van der Waals surface area contributed by atoms with Gasteiger partial charge in [0.15, 0.2) is 17.5 Å². The van der Waals surface area contributed by atoms with Crippen LogP contribution in [-0.4, -0.2) is 34.2 Å². The molecule has 5 nitrogen and oxygen atoms in total. The van der Waals surface area contributed by atoms with Gasteiger partial charge in [-0.05, 0) is 44.0 Å². The maximum Gasteiger partial charge on any atom is 0.162 e. The molecular formula is C24H21ClF3N4OP. The number of fused-ring (bicyclic) bond motifs is 1. The number of anilines is 1. The van der Waals surface area contributed by atoms with Crippen LogP contribution >= 0.6 is 18.7 Å². The molecule has 4 aromatic rings. The highest BCUT2D eigenvalue weighted by atomic mass is 35.5. The molecule has 3 heterocycles. The zero-order chi connectivity index (χ0) is 24.8. The molecule has 2 N–H and O–H groups in total. The van der Waals surface area contributed by atoms with Crippen molar-refractivity contribution in [2.75, 3.05) is 24.9 Å². The summed E-state index contributed by atoms with van der Waals surface area (Å²) in [5, 5.41) is 0. The minimum atomic E-state index is -2.58. The Morgan fingerprint density at radius 1 is 1.09 bits per heavy atom. The summed E-state index contributed by atoms with van der Waals surface area (Å²) < 4.78 is 55.6. The molecule has 0 aliphatic heterocycles. The second-order valence-electron chi connectivity index (χ2n) is 8.32. The lowest BCUT2D eigenvalue weighted by Crippen LogP contribution is -2.13. The Bertz CT molecular complexity index is 1460. The van der Waals surface area contributed by atoms with Gasteiger partial charge in [-0.25, -0.2) is 18.2 Å². The number of alkyl halides is 1. The van der Waals surface area contributed by atoms with Gasteiger partial charge in [0, 0.05) is 40.9 Å². The van der Waals surface area contributed by atoms with Crippen molar-refractivity contribution in [2.45, 2.75) is 12.8 Å². The van der Waals surface area contributed by atoms with E-state index in [2.05, 4.69) is 15.0 Å². The quantitative estimate of drug-likeness (QED) is 0.282. The minimum absolute atomic E-state index is 0.0174. The Kier molecular flexibility index (Phi) is 6.40. The van der Waals surface area contributed by atoms with Crippen LogP contribution in [0.1, 0.15) is 22.7 Å². The highest BCUT2D eigenvalue weighted by molar-refractivity contribution is 7.69. The summed E-state index contributed by atoms with van der Waals surface area (Å²) in [5.74, 6) is -3.54. The molecule has 10 heteroatoms. The van der Waals surface area contributed by atoms with Crippen molar-refractivity contribution in [3.63, 3.8) is 0 Å². The summed E-state index contributed by atoms with van der Waals surface area (Å²) in [6.45, 7) is 4.83. The Morgan fingerprint density at radius 3 is 2.44 bits per heavy atom. The SMILES string of the molecule is Cc1nc2cc(F)c(-c3ccc(P(C)(C)=O)nc3)nc2c(N)c1C(CCl)c1cccc(F)c1F. The molecule has 0 spiro atoms. The third kappa shape index (κ3) is 4.28. The first-order valence-corrected chi connectivity index (χ1v) is 13.4. The molecule has 0 radical (unpaired) electrons. The third-order valence-corrected chi connectivity index (χ3v) is 7.29. The van der Waals surface area contributed by atoms with Gasteiger partial charge in [0.05, 0.1) is 16.6 Å². The fourth-order valence-corrected chi connectivity index (χ4v) is 5.01. The molecule has 176 valence electrons. The number of benzene rings is 1. The summed E-state index contributed by atoms with van der Waals surface area (Å²) in [4.78, 5) is 13.0. The summed E-state index contributed by atoms with van der Waals surface area (Å²) in [7, 11) is -2.58. The van der Waals surface area contributed by atoms with Gasteiger partial charge >= 0.3 is 0 Å². The third-order valence-electron chi connectivity index (χ3n) is 5.61. The average Bonchev–Trinajstić information content (AvgIpc) is 2.78. The van der Waals surface area contributed by atoms with Crippen LogP contribution in [0, 0.1) is 24.4 Å². The number of nitrogen functional groups attached to an aromatic ring is 1. The highest BCUT2D eigenvalue weighted by Gasteiger charge is 2.26. The van der Waals surface area contributed by atoms with E-state index in [-0.39, 0.29) is 33.9 Å². The van der Waals surface area contributed by atoms with E-state index >= 15 is 0 Å². The molecule has 0 aliphatic rings. The van der Waals surface area contributed by atoms with Gasteiger partial charge < -0.3 is 10.3 Å². The van der Waals surface area contributed by atoms with Crippen molar-refractivity contribution in [1.82, 2.24) is 15.0 Å². The first kappa shape index (κ1) is 24.2. The molecule has 4 rings (SSSR count). The largest absolute Gasteiger partial charge is 0.397 e. The highest BCUT2D eigenvalue weighted by Crippen LogP contribution is 2.38. The zero-order valence-corrected chi connectivity index (χ0v) is 20.3. The van der Waals surface area contributed by atoms with Crippen LogP contribution in [0.3, 0.4) is 0 Å². The van der Waals surface area contributed by atoms with Gasteiger partial charge in [-0.3, -0.25) is 9.97 Å². The maximum atomic E-state index is 15.0. The molecule has 0 amide bonds. The lowest BCUT2D eigenvalue weighted by molar-refractivity contribution is 0.496. The lowest BCUT2D eigenvalue weighted by Gasteiger charge is -2.21. The van der Waals surface area contributed by atoms with Gasteiger partial charge in [-0.2, -0.15) is 0 Å². The van der Waals surface area contributed by atoms with Gasteiger partial charge in [0.25, 0.3) is 0 Å². The number of nitrogens with zero attached hydrogens (tertiary/aromatic N) is 3. The monoisotopic (exact) mass is 504 g/mol. The van der Waals surface area contributed by atoms with Crippen molar-refractivity contribution in [2.24, 2.45) is 0 Å². The van der Waals surface area contributed by atoms with E-state index in [9.17, 15) is 17.7 Å². The standard InChI is InChI=1S/C24H21ClF3N4OP/c1-12-20(15(10-25)14-5-4-6-16(26)21(14)28)22(29)24-18(31-12)9-17(27)23(32-24)13-7-8-19(30-11-13)34(2,3)33/h4-9,11,15H,10H2,1-3H3,(H2,29,31). The Morgan fingerprint density at radius 2 is 1.82 bits per heavy atom. The van der Waals surface area contributed by atoms with Gasteiger partial charge in [0.2, 0.25) is 0 Å². The van der Waals surface area contributed by atoms with Crippen molar-refractivity contribution in [1.29, 1.82) is 0 Å². The number of pyridine rings is 3. The molecular weight excluding hydrogens is 484 g/mol. The second kappa shape index (κ2) is 9.01. The average molecular weight is 505 g/mol. The van der Waals surface area contributed by atoms with Gasteiger partial charge in [-0.15, -0.1) is 11.6 Å². The van der Waals surface area contributed by atoms with E-state index < -0.39 is 30.5 Å². The normalized spacial score (nSPS) is 12.8. The molecule has 0 saturated heterocycles. The first-order chi connectivity index (χ1) is 16.0. The summed E-state index contributed by atoms with van der Waals surface area (Å²) >= 11 is 6.18. The van der Waals surface area contributed by atoms with Crippen LogP contribution < -0.4 is 11.2 Å². The number of aryl methyl sites for hydroxylation is 1. The fraction of sp³-hybridized carbons (Fsp3) is 0.208. The number of hydrogen-bond donors (Lipinski definition) is 1. The molecule has 1 aromatic carbocycles. The van der Waals surface area contributed by atoms with E-state index in [1.54, 1.807) is 32.4 Å². The molecule has 0 bridgehead atoms. The first-order valence-electron chi connectivity index (χ1n) is 10.3. The number of aromatic nitrogens is 3. The Labute approximate surface area is 199 Å². The van der Waals surface area contributed by atoms with Crippen LogP contribution in [0.15, 0.2) is 42.6 Å². The van der Waals surface area contributed by atoms with Crippen LogP contribution in [0.5, 0.6) is 0 Å². The molecule has 0 fully saturated rings. The summed E-state index contributed by atoms with van der Waals surface area (Å²) in [5.41, 5.74) is 8.60. The summed E-state index contributed by atoms with van der Waals surface area (Å²) in [6, 6.07) is 8.21. The number of nitrogens with two attached hydrogens (primary N) is 1. The van der Waals surface area contributed by atoms with Crippen molar-refractivity contribution in [3.8, 4) is 11.3 Å². The smallest absolute Gasteiger partial charge is 0.162 e. The van der Waals surface area contributed by atoms with Gasteiger partial charge in [-0.1, -0.05) is 12.1 Å². The Hall–Kier alpha value is -2.96. The zero-order valence-electron chi connectivity index (χ0n) is 18.6. The number of rotatable bonds is 5. The van der Waals surface area contributed by atoms with Crippen LogP contribution in [0.25, 0.3) is 22.3 Å². The fourth-order valence-electron chi connectivity index (χ4n) is 3.92. The minimum Gasteiger partial charge on any atom is -0.397 e. The number of hydrogen-bond acceptors (Lipinski definition) is 5. The second-order valence-corrected chi connectivity index (χ2v) is 11.8. The van der Waals surface area contributed by atoms with Crippen LogP contribution in [-0.2, 0) is 4.57 Å². The topological polar surface area (TPSA) is 81.8 Å². The number of halogens is 4. The molecule has 1 atom stereocenters. The lowest BCUT2D eigenvalue weighted by atomic mass is 9.89. The van der Waals surface area contributed by atoms with Crippen molar-refractivity contribution >= 4 is 40.9 Å². The van der Waals surface area contributed by atoms with Crippen LogP contribution in [0.4, 0.5) is 18.9 Å². The van der Waals surface area contributed by atoms with E-state index in [1.165, 1.54) is 24.4 Å². The molecule has 0 saturated carbocycles. The molecule has 3 aromatic heterocycles. The molecule has 1 unspecified atom stereocenters. The van der Waals surface area contributed by atoms with Crippen LogP contribution in [0.2, 0.25) is 0 Å². The van der Waals surface area contributed by atoms with E-state index in [0.29, 0.717) is 22.3 Å². The van der Waals surface area contributed by atoms with E-state index in [4.69, 9.17) is 17.3 Å². The summed E-state index contributed by atoms with van der Waals surface area (Å²) in [6.07, 6.45) is 1.40. The van der Waals surface area contributed by atoms with Gasteiger partial charge in [0.1, 0.15) is 18.4 Å².